The average molecular weight is 183 g/mol. The van der Waals surface area contributed by atoms with Crippen LogP contribution in [0.1, 0.15) is 27.7 Å². The predicted octanol–water partition coefficient (Wildman–Crippen LogP) is 2.90. The molecule has 0 amide bonds. The van der Waals surface area contributed by atoms with Gasteiger partial charge in [0, 0.05) is 12.1 Å². The van der Waals surface area contributed by atoms with Gasteiger partial charge in [-0.05, 0) is 26.5 Å². The molecule has 0 radical (unpaired) electrons. The fourth-order valence-electron chi connectivity index (χ4n) is 0.945. The number of nitrogens with zero attached hydrogens (tertiary/aromatic N) is 1. The SMILES string of the molecule is C=N/C=C/C(COC(C)C)C(C)C. The van der Waals surface area contributed by atoms with Gasteiger partial charge in [0.15, 0.2) is 0 Å². The van der Waals surface area contributed by atoms with Crippen LogP contribution in [0.25, 0.3) is 0 Å². The van der Waals surface area contributed by atoms with Crippen molar-refractivity contribution in [1.82, 2.24) is 0 Å². The Morgan fingerprint density at radius 1 is 1.31 bits per heavy atom. The number of hydrogen-bond donors (Lipinski definition) is 0. The Kier molecular flexibility index (Phi) is 6.51. The number of rotatable bonds is 6. The van der Waals surface area contributed by atoms with Gasteiger partial charge < -0.3 is 4.74 Å². The second-order valence-electron chi connectivity index (χ2n) is 3.81. The van der Waals surface area contributed by atoms with Crippen molar-refractivity contribution in [1.29, 1.82) is 0 Å². The summed E-state index contributed by atoms with van der Waals surface area (Å²) in [4.78, 5) is 3.70. The molecule has 0 saturated heterocycles. The second kappa shape index (κ2) is 6.84. The summed E-state index contributed by atoms with van der Waals surface area (Å²) in [6.07, 6.45) is 4.10. The van der Waals surface area contributed by atoms with E-state index in [2.05, 4.69) is 31.6 Å². The molecule has 0 fully saturated rings. The minimum absolute atomic E-state index is 0.298. The first-order valence-electron chi connectivity index (χ1n) is 4.82. The molecule has 0 bridgehead atoms. The quantitative estimate of drug-likeness (QED) is 0.580. The van der Waals surface area contributed by atoms with Crippen LogP contribution in [0.15, 0.2) is 17.3 Å². The molecule has 0 aliphatic heterocycles. The molecule has 0 rings (SSSR count). The van der Waals surface area contributed by atoms with Crippen molar-refractivity contribution >= 4 is 6.72 Å². The van der Waals surface area contributed by atoms with Crippen molar-refractivity contribution in [2.45, 2.75) is 33.8 Å². The lowest BCUT2D eigenvalue weighted by atomic mass is 9.97. The molecule has 0 N–H and O–H groups in total. The first-order valence-corrected chi connectivity index (χ1v) is 4.82. The zero-order valence-corrected chi connectivity index (χ0v) is 9.16. The van der Waals surface area contributed by atoms with Crippen LogP contribution in [0.3, 0.4) is 0 Å². The first kappa shape index (κ1) is 12.4. The zero-order valence-electron chi connectivity index (χ0n) is 9.16. The Balaban J connectivity index is 3.94. The molecular formula is C11H21NO. The van der Waals surface area contributed by atoms with E-state index >= 15 is 0 Å². The fourth-order valence-corrected chi connectivity index (χ4v) is 0.945. The third-order valence-electron chi connectivity index (χ3n) is 1.92. The van der Waals surface area contributed by atoms with Gasteiger partial charge in [-0.15, -0.1) is 0 Å². The molecule has 13 heavy (non-hydrogen) atoms. The van der Waals surface area contributed by atoms with Crippen LogP contribution < -0.4 is 0 Å². The van der Waals surface area contributed by atoms with Crippen LogP contribution in [0, 0.1) is 11.8 Å². The monoisotopic (exact) mass is 183 g/mol. The summed E-state index contributed by atoms with van der Waals surface area (Å²) in [5, 5.41) is 0. The third-order valence-corrected chi connectivity index (χ3v) is 1.92. The number of ether oxygens (including phenoxy) is 1. The zero-order chi connectivity index (χ0) is 10.3. The fraction of sp³-hybridized carbons (Fsp3) is 0.727. The van der Waals surface area contributed by atoms with E-state index < -0.39 is 0 Å². The molecule has 0 aromatic carbocycles. The van der Waals surface area contributed by atoms with Crippen molar-refractivity contribution < 1.29 is 4.74 Å². The molecule has 0 aliphatic rings. The maximum Gasteiger partial charge on any atom is 0.0535 e. The summed E-state index contributed by atoms with van der Waals surface area (Å²) in [6.45, 7) is 12.6. The Morgan fingerprint density at radius 3 is 2.31 bits per heavy atom. The summed E-state index contributed by atoms with van der Waals surface area (Å²) >= 11 is 0. The molecule has 0 aromatic heterocycles. The van der Waals surface area contributed by atoms with Gasteiger partial charge in [-0.1, -0.05) is 19.9 Å². The van der Waals surface area contributed by atoms with Gasteiger partial charge in [0.1, 0.15) is 0 Å². The van der Waals surface area contributed by atoms with Crippen molar-refractivity contribution in [2.24, 2.45) is 16.8 Å². The predicted molar refractivity (Wildman–Crippen MR) is 58.1 cm³/mol. The lowest BCUT2D eigenvalue weighted by molar-refractivity contribution is 0.0517. The van der Waals surface area contributed by atoms with Crippen LogP contribution in [-0.4, -0.2) is 19.4 Å². The Labute approximate surface area is 81.7 Å². The number of hydrogen-bond acceptors (Lipinski definition) is 2. The summed E-state index contributed by atoms with van der Waals surface area (Å²) in [5.41, 5.74) is 0. The van der Waals surface area contributed by atoms with E-state index in [9.17, 15) is 0 Å². The van der Waals surface area contributed by atoms with Gasteiger partial charge in [-0.2, -0.15) is 0 Å². The van der Waals surface area contributed by atoms with Crippen LogP contribution in [0.2, 0.25) is 0 Å². The maximum atomic E-state index is 5.55. The van der Waals surface area contributed by atoms with Crippen molar-refractivity contribution in [3.8, 4) is 0 Å². The maximum absolute atomic E-state index is 5.55. The van der Waals surface area contributed by atoms with Gasteiger partial charge >= 0.3 is 0 Å². The standard InChI is InChI=1S/C11H21NO/c1-9(2)11(6-7-12-5)8-13-10(3)4/h6-7,9-11H,5,8H2,1-4H3/b7-6+. The molecule has 0 saturated carbocycles. The van der Waals surface area contributed by atoms with E-state index in [1.807, 2.05) is 13.8 Å². The van der Waals surface area contributed by atoms with E-state index in [1.54, 1.807) is 6.20 Å². The minimum Gasteiger partial charge on any atom is -0.378 e. The second-order valence-corrected chi connectivity index (χ2v) is 3.81. The van der Waals surface area contributed by atoms with Gasteiger partial charge in [-0.25, -0.2) is 0 Å². The van der Waals surface area contributed by atoms with Gasteiger partial charge in [0.25, 0.3) is 0 Å². The van der Waals surface area contributed by atoms with Crippen LogP contribution in [0.5, 0.6) is 0 Å². The highest BCUT2D eigenvalue weighted by Crippen LogP contribution is 2.13. The van der Waals surface area contributed by atoms with E-state index in [0.717, 1.165) is 6.61 Å². The summed E-state index contributed by atoms with van der Waals surface area (Å²) in [5.74, 6) is 1.02. The van der Waals surface area contributed by atoms with E-state index in [1.165, 1.54) is 0 Å². The molecule has 2 heteroatoms. The lowest BCUT2D eigenvalue weighted by Crippen LogP contribution is -2.16. The lowest BCUT2D eigenvalue weighted by Gasteiger charge is -2.18. The van der Waals surface area contributed by atoms with Crippen LogP contribution in [-0.2, 0) is 4.74 Å². The van der Waals surface area contributed by atoms with Gasteiger partial charge in [0.05, 0.1) is 12.7 Å². The van der Waals surface area contributed by atoms with Crippen molar-refractivity contribution in [3.63, 3.8) is 0 Å². The molecule has 0 aromatic rings. The Bertz CT molecular complexity index is 161. The topological polar surface area (TPSA) is 21.6 Å². The molecule has 2 nitrogen and oxygen atoms in total. The normalized spacial score (nSPS) is 14.3. The molecule has 0 spiro atoms. The highest BCUT2D eigenvalue weighted by molar-refractivity contribution is 5.25. The summed E-state index contributed by atoms with van der Waals surface area (Å²) in [6, 6.07) is 0. The third kappa shape index (κ3) is 6.52. The molecule has 0 heterocycles. The highest BCUT2D eigenvalue weighted by atomic mass is 16.5. The van der Waals surface area contributed by atoms with E-state index in [-0.39, 0.29) is 0 Å². The Morgan fingerprint density at radius 2 is 1.92 bits per heavy atom. The molecule has 1 atom stereocenters. The summed E-state index contributed by atoms with van der Waals surface area (Å²) in [7, 11) is 0. The van der Waals surface area contributed by atoms with E-state index in [0.29, 0.717) is 17.9 Å². The average Bonchev–Trinajstić information content (AvgIpc) is 2.03. The first-order chi connectivity index (χ1) is 6.07. The molecule has 0 aliphatic carbocycles. The van der Waals surface area contributed by atoms with E-state index in [4.69, 9.17) is 4.74 Å². The summed E-state index contributed by atoms with van der Waals surface area (Å²) < 4.78 is 5.55. The van der Waals surface area contributed by atoms with Crippen LogP contribution in [0.4, 0.5) is 0 Å². The van der Waals surface area contributed by atoms with Gasteiger partial charge in [-0.3, -0.25) is 4.99 Å². The minimum atomic E-state index is 0.298. The van der Waals surface area contributed by atoms with Crippen molar-refractivity contribution in [3.05, 3.63) is 12.3 Å². The smallest absolute Gasteiger partial charge is 0.0535 e. The number of aliphatic imine (C=N–C) groups is 1. The van der Waals surface area contributed by atoms with Crippen LogP contribution >= 0.6 is 0 Å². The Hall–Kier alpha value is -0.630. The van der Waals surface area contributed by atoms with Gasteiger partial charge in [0.2, 0.25) is 0 Å². The van der Waals surface area contributed by atoms with Crippen molar-refractivity contribution in [2.75, 3.05) is 6.61 Å². The molecule has 76 valence electrons. The largest absolute Gasteiger partial charge is 0.378 e. The molecular weight excluding hydrogens is 162 g/mol. The molecule has 1 unspecified atom stereocenters. The highest BCUT2D eigenvalue weighted by Gasteiger charge is 2.10.